The number of benzene rings is 2. The molecule has 1 aliphatic rings. The van der Waals surface area contributed by atoms with Crippen molar-refractivity contribution in [3.05, 3.63) is 54.1 Å². The molecule has 1 fully saturated rings. The zero-order valence-electron chi connectivity index (χ0n) is 16.9. The second kappa shape index (κ2) is 10.5. The highest BCUT2D eigenvalue weighted by molar-refractivity contribution is 5.96. The van der Waals surface area contributed by atoms with E-state index < -0.39 is 0 Å². The van der Waals surface area contributed by atoms with Crippen molar-refractivity contribution in [3.63, 3.8) is 0 Å². The monoisotopic (exact) mass is 395 g/mol. The lowest BCUT2D eigenvalue weighted by molar-refractivity contribution is -0.114. The minimum atomic E-state index is -0.161. The summed E-state index contributed by atoms with van der Waals surface area (Å²) in [6, 6.07) is 14.8. The largest absolute Gasteiger partial charge is 0.494 e. The van der Waals surface area contributed by atoms with Crippen LogP contribution in [-0.2, 0) is 4.79 Å². The molecule has 0 radical (unpaired) electrons. The van der Waals surface area contributed by atoms with Crippen LogP contribution in [0, 0.1) is 0 Å². The lowest BCUT2D eigenvalue weighted by Gasteiger charge is -2.22. The van der Waals surface area contributed by atoms with Crippen molar-refractivity contribution >= 4 is 23.2 Å². The van der Waals surface area contributed by atoms with Crippen molar-refractivity contribution in [2.24, 2.45) is 0 Å². The number of carbonyl (C=O) groups excluding carboxylic acids is 2. The summed E-state index contributed by atoms with van der Waals surface area (Å²) in [4.78, 5) is 24.7. The van der Waals surface area contributed by atoms with Crippen LogP contribution in [0.3, 0.4) is 0 Å². The van der Waals surface area contributed by atoms with E-state index in [0.717, 1.165) is 24.3 Å². The fourth-order valence-corrected chi connectivity index (χ4v) is 3.47. The predicted molar refractivity (Wildman–Crippen MR) is 116 cm³/mol. The first kappa shape index (κ1) is 20.7. The number of ether oxygens (including phenoxy) is 1. The molecular weight excluding hydrogens is 366 g/mol. The Balaban J connectivity index is 1.49. The van der Waals surface area contributed by atoms with Crippen molar-refractivity contribution in [2.75, 3.05) is 23.8 Å². The summed E-state index contributed by atoms with van der Waals surface area (Å²) in [7, 11) is 0. The van der Waals surface area contributed by atoms with Gasteiger partial charge in [0.05, 0.1) is 13.2 Å². The Morgan fingerprint density at radius 1 is 1.00 bits per heavy atom. The van der Waals surface area contributed by atoms with Crippen LogP contribution in [0.15, 0.2) is 48.5 Å². The summed E-state index contributed by atoms with van der Waals surface area (Å²) in [5, 5.41) is 9.03. The van der Waals surface area contributed by atoms with Gasteiger partial charge in [0.25, 0.3) is 5.91 Å². The van der Waals surface area contributed by atoms with Crippen molar-refractivity contribution < 1.29 is 14.3 Å². The molecule has 2 aromatic carbocycles. The van der Waals surface area contributed by atoms with Gasteiger partial charge in [-0.3, -0.25) is 9.59 Å². The smallest absolute Gasteiger partial charge is 0.251 e. The SMILES string of the molecule is CCOc1ccc(NC(=O)CNc2cccc(C(=O)NC3CCCCC3)c2)cc1. The molecule has 3 rings (SSSR count). The lowest BCUT2D eigenvalue weighted by atomic mass is 9.95. The topological polar surface area (TPSA) is 79.5 Å². The van der Waals surface area contributed by atoms with E-state index in [4.69, 9.17) is 4.74 Å². The maximum absolute atomic E-state index is 12.5. The van der Waals surface area contributed by atoms with Crippen LogP contribution in [-0.4, -0.2) is 31.0 Å². The summed E-state index contributed by atoms with van der Waals surface area (Å²) in [5.74, 6) is 0.553. The van der Waals surface area contributed by atoms with Gasteiger partial charge < -0.3 is 20.7 Å². The second-order valence-corrected chi connectivity index (χ2v) is 7.25. The molecule has 0 saturated heterocycles. The molecule has 2 amide bonds. The van der Waals surface area contributed by atoms with E-state index in [1.54, 1.807) is 24.3 Å². The van der Waals surface area contributed by atoms with Gasteiger partial charge in [0.1, 0.15) is 5.75 Å². The zero-order chi connectivity index (χ0) is 20.5. The van der Waals surface area contributed by atoms with Crippen LogP contribution < -0.4 is 20.7 Å². The molecule has 0 aromatic heterocycles. The van der Waals surface area contributed by atoms with Crippen molar-refractivity contribution in [3.8, 4) is 5.75 Å². The van der Waals surface area contributed by atoms with Crippen molar-refractivity contribution in [2.45, 2.75) is 45.1 Å². The Bertz CT molecular complexity index is 814. The van der Waals surface area contributed by atoms with Crippen LogP contribution in [0.4, 0.5) is 11.4 Å². The third-order valence-electron chi connectivity index (χ3n) is 4.97. The molecule has 6 heteroatoms. The summed E-state index contributed by atoms with van der Waals surface area (Å²) >= 11 is 0. The molecule has 0 unspecified atom stereocenters. The maximum Gasteiger partial charge on any atom is 0.251 e. The standard InChI is InChI=1S/C23H29N3O3/c1-2-29-21-13-11-19(12-14-21)25-22(27)16-24-20-10-6-7-17(15-20)23(28)26-18-8-4-3-5-9-18/h6-7,10-15,18,24H,2-5,8-9,16H2,1H3,(H,25,27)(H,26,28). The van der Waals surface area contributed by atoms with Gasteiger partial charge in [-0.1, -0.05) is 25.3 Å². The minimum Gasteiger partial charge on any atom is -0.494 e. The van der Waals surface area contributed by atoms with Crippen LogP contribution in [0.25, 0.3) is 0 Å². The Labute approximate surface area is 172 Å². The first-order chi connectivity index (χ1) is 14.1. The molecule has 0 atom stereocenters. The van der Waals surface area contributed by atoms with Crippen LogP contribution in [0.2, 0.25) is 0 Å². The number of hydrogen-bond acceptors (Lipinski definition) is 4. The summed E-state index contributed by atoms with van der Waals surface area (Å²) in [6.45, 7) is 2.64. The molecule has 2 aromatic rings. The Morgan fingerprint density at radius 2 is 1.76 bits per heavy atom. The summed E-state index contributed by atoms with van der Waals surface area (Å²) in [5.41, 5.74) is 2.05. The zero-order valence-corrected chi connectivity index (χ0v) is 16.9. The number of amides is 2. The predicted octanol–water partition coefficient (Wildman–Crippen LogP) is 4.20. The molecule has 1 aliphatic carbocycles. The third-order valence-corrected chi connectivity index (χ3v) is 4.97. The van der Waals surface area contributed by atoms with Gasteiger partial charge in [0.15, 0.2) is 0 Å². The van der Waals surface area contributed by atoms with Gasteiger partial charge in [0, 0.05) is 23.0 Å². The molecule has 154 valence electrons. The molecule has 1 saturated carbocycles. The highest BCUT2D eigenvalue weighted by atomic mass is 16.5. The Kier molecular flexibility index (Phi) is 7.50. The first-order valence-corrected chi connectivity index (χ1v) is 10.3. The molecule has 0 spiro atoms. The first-order valence-electron chi connectivity index (χ1n) is 10.3. The highest BCUT2D eigenvalue weighted by Gasteiger charge is 2.16. The second-order valence-electron chi connectivity index (χ2n) is 7.25. The van der Waals surface area contributed by atoms with Crippen molar-refractivity contribution in [1.82, 2.24) is 5.32 Å². The lowest BCUT2D eigenvalue weighted by Crippen LogP contribution is -2.36. The third kappa shape index (κ3) is 6.52. The van der Waals surface area contributed by atoms with E-state index >= 15 is 0 Å². The summed E-state index contributed by atoms with van der Waals surface area (Å²) < 4.78 is 5.39. The Morgan fingerprint density at radius 3 is 2.48 bits per heavy atom. The number of rotatable bonds is 8. The fraction of sp³-hybridized carbons (Fsp3) is 0.391. The number of anilines is 2. The van der Waals surface area contributed by atoms with Gasteiger partial charge in [-0.25, -0.2) is 0 Å². The molecule has 0 heterocycles. The van der Waals surface area contributed by atoms with Gasteiger partial charge in [-0.05, 0) is 62.2 Å². The number of nitrogens with one attached hydrogen (secondary N) is 3. The minimum absolute atomic E-state index is 0.0561. The molecule has 3 N–H and O–H groups in total. The van der Waals surface area contributed by atoms with Crippen LogP contribution in [0.5, 0.6) is 5.75 Å². The van der Waals surface area contributed by atoms with E-state index in [2.05, 4.69) is 16.0 Å². The highest BCUT2D eigenvalue weighted by Crippen LogP contribution is 2.19. The molecule has 0 aliphatic heterocycles. The van der Waals surface area contributed by atoms with Gasteiger partial charge >= 0.3 is 0 Å². The summed E-state index contributed by atoms with van der Waals surface area (Å²) in [6.07, 6.45) is 5.71. The average molecular weight is 396 g/mol. The van der Waals surface area contributed by atoms with E-state index in [0.29, 0.717) is 17.9 Å². The normalized spacial score (nSPS) is 14.1. The molecule has 0 bridgehead atoms. The van der Waals surface area contributed by atoms with Gasteiger partial charge in [0.2, 0.25) is 5.91 Å². The van der Waals surface area contributed by atoms with E-state index in [-0.39, 0.29) is 24.4 Å². The number of carbonyl (C=O) groups is 2. The molecule has 29 heavy (non-hydrogen) atoms. The van der Waals surface area contributed by atoms with Gasteiger partial charge in [-0.2, -0.15) is 0 Å². The van der Waals surface area contributed by atoms with Crippen molar-refractivity contribution in [1.29, 1.82) is 0 Å². The molecule has 6 nitrogen and oxygen atoms in total. The van der Waals surface area contributed by atoms with E-state index in [9.17, 15) is 9.59 Å². The van der Waals surface area contributed by atoms with Gasteiger partial charge in [-0.15, -0.1) is 0 Å². The van der Waals surface area contributed by atoms with Crippen LogP contribution in [0.1, 0.15) is 49.4 Å². The quantitative estimate of drug-likeness (QED) is 0.626. The van der Waals surface area contributed by atoms with E-state index in [1.165, 1.54) is 19.3 Å². The van der Waals surface area contributed by atoms with Crippen LogP contribution >= 0.6 is 0 Å². The van der Waals surface area contributed by atoms with E-state index in [1.807, 2.05) is 31.2 Å². The maximum atomic E-state index is 12.5. The fourth-order valence-electron chi connectivity index (χ4n) is 3.47. The average Bonchev–Trinajstić information content (AvgIpc) is 2.75. The number of hydrogen-bond donors (Lipinski definition) is 3. The molecular formula is C23H29N3O3. The Hall–Kier alpha value is -3.02.